The summed E-state index contributed by atoms with van der Waals surface area (Å²) in [5, 5.41) is 19.3. The minimum absolute atomic E-state index is 0.183. The number of hydrogen-bond acceptors (Lipinski definition) is 4. The Hall–Kier alpha value is -2.70. The summed E-state index contributed by atoms with van der Waals surface area (Å²) in [6, 6.07) is 6.39. The van der Waals surface area contributed by atoms with E-state index in [4.69, 9.17) is 5.11 Å². The number of nitro groups is 1. The van der Waals surface area contributed by atoms with Gasteiger partial charge >= 0.3 is 11.8 Å². The van der Waals surface area contributed by atoms with Crippen LogP contribution in [0, 0.1) is 10.1 Å². The van der Waals surface area contributed by atoms with Crippen molar-refractivity contribution >= 4 is 11.8 Å². The van der Waals surface area contributed by atoms with E-state index in [9.17, 15) is 14.9 Å². The van der Waals surface area contributed by atoms with E-state index in [1.165, 1.54) is 29.2 Å². The van der Waals surface area contributed by atoms with Crippen molar-refractivity contribution < 1.29 is 14.8 Å². The molecule has 0 aliphatic carbocycles. The second-order valence-electron chi connectivity index (χ2n) is 3.67. The highest BCUT2D eigenvalue weighted by molar-refractivity contribution is 5.87. The van der Waals surface area contributed by atoms with Crippen molar-refractivity contribution in [2.24, 2.45) is 0 Å². The van der Waals surface area contributed by atoms with Gasteiger partial charge in [0.15, 0.2) is 0 Å². The standard InChI is InChI=1S/C11H9N3O4/c15-11(16)9-3-1-2-8(4-9)5-13-6-10(12-7-13)14(17)18/h1-4,6-7H,5H2,(H,15,16). The molecule has 0 atom stereocenters. The zero-order valence-corrected chi connectivity index (χ0v) is 9.18. The number of aromatic nitrogens is 2. The Morgan fingerprint density at radius 3 is 2.89 bits per heavy atom. The van der Waals surface area contributed by atoms with Gasteiger partial charge in [-0.1, -0.05) is 12.1 Å². The van der Waals surface area contributed by atoms with Crippen molar-refractivity contribution in [3.8, 4) is 0 Å². The number of carboxylic acids is 1. The fraction of sp³-hybridized carbons (Fsp3) is 0.0909. The van der Waals surface area contributed by atoms with Crippen LogP contribution in [0.3, 0.4) is 0 Å². The van der Waals surface area contributed by atoms with E-state index >= 15 is 0 Å². The first-order valence-electron chi connectivity index (χ1n) is 5.04. The van der Waals surface area contributed by atoms with E-state index in [1.54, 1.807) is 12.1 Å². The molecule has 1 aromatic heterocycles. The van der Waals surface area contributed by atoms with Gasteiger partial charge in [0.25, 0.3) is 0 Å². The molecule has 7 nitrogen and oxygen atoms in total. The van der Waals surface area contributed by atoms with Crippen LogP contribution in [0.5, 0.6) is 0 Å². The molecule has 7 heteroatoms. The molecule has 18 heavy (non-hydrogen) atoms. The van der Waals surface area contributed by atoms with Crippen LogP contribution in [0.25, 0.3) is 0 Å². The van der Waals surface area contributed by atoms with Crippen LogP contribution in [0.15, 0.2) is 36.8 Å². The van der Waals surface area contributed by atoms with Crippen LogP contribution in [-0.4, -0.2) is 25.6 Å². The Balaban J connectivity index is 2.20. The minimum Gasteiger partial charge on any atom is -0.478 e. The molecule has 0 saturated heterocycles. The van der Waals surface area contributed by atoms with Crippen molar-refractivity contribution in [1.82, 2.24) is 9.55 Å². The van der Waals surface area contributed by atoms with E-state index in [2.05, 4.69) is 4.98 Å². The summed E-state index contributed by atoms with van der Waals surface area (Å²) in [5.41, 5.74) is 0.921. The maximum absolute atomic E-state index is 10.8. The SMILES string of the molecule is O=C(O)c1cccc(Cn2cnc([N+](=O)[O-])c2)c1. The third kappa shape index (κ3) is 2.51. The number of nitrogens with zero attached hydrogens (tertiary/aromatic N) is 3. The summed E-state index contributed by atoms with van der Waals surface area (Å²) in [6.07, 6.45) is 2.64. The molecule has 2 aromatic rings. The maximum atomic E-state index is 10.8. The van der Waals surface area contributed by atoms with Crippen molar-refractivity contribution in [2.75, 3.05) is 0 Å². The molecule has 0 fully saturated rings. The fourth-order valence-corrected chi connectivity index (χ4v) is 1.54. The van der Waals surface area contributed by atoms with Crippen LogP contribution >= 0.6 is 0 Å². The number of benzene rings is 1. The van der Waals surface area contributed by atoms with Gasteiger partial charge in [0.1, 0.15) is 6.20 Å². The van der Waals surface area contributed by atoms with Crippen molar-refractivity contribution in [3.63, 3.8) is 0 Å². The molecule has 0 spiro atoms. The number of rotatable bonds is 4. The molecule has 2 rings (SSSR count). The zero-order valence-electron chi connectivity index (χ0n) is 9.18. The van der Waals surface area contributed by atoms with Gasteiger partial charge in [-0.2, -0.15) is 0 Å². The summed E-state index contributed by atoms with van der Waals surface area (Å²) in [4.78, 5) is 24.3. The van der Waals surface area contributed by atoms with Crippen molar-refractivity contribution in [1.29, 1.82) is 0 Å². The Morgan fingerprint density at radius 1 is 1.50 bits per heavy atom. The molecule has 0 aliphatic heterocycles. The predicted molar refractivity (Wildman–Crippen MR) is 61.4 cm³/mol. The van der Waals surface area contributed by atoms with Crippen molar-refractivity contribution in [2.45, 2.75) is 6.54 Å². The topological polar surface area (TPSA) is 98.3 Å². The van der Waals surface area contributed by atoms with Gasteiger partial charge in [-0.3, -0.25) is 0 Å². The largest absolute Gasteiger partial charge is 0.478 e. The lowest BCUT2D eigenvalue weighted by atomic mass is 10.1. The maximum Gasteiger partial charge on any atom is 0.381 e. The van der Waals surface area contributed by atoms with Gasteiger partial charge in [0, 0.05) is 0 Å². The summed E-state index contributed by atoms with van der Waals surface area (Å²) < 4.78 is 1.53. The lowest BCUT2D eigenvalue weighted by Gasteiger charge is -2.02. The highest BCUT2D eigenvalue weighted by Gasteiger charge is 2.10. The molecule has 0 saturated carbocycles. The number of aromatic carboxylic acids is 1. The number of carboxylic acid groups (broad SMARTS) is 1. The van der Waals surface area contributed by atoms with Crippen LogP contribution in [0.2, 0.25) is 0 Å². The monoisotopic (exact) mass is 247 g/mol. The third-order valence-corrected chi connectivity index (χ3v) is 2.35. The number of carbonyl (C=O) groups is 1. The fourth-order valence-electron chi connectivity index (χ4n) is 1.54. The normalized spacial score (nSPS) is 10.2. The smallest absolute Gasteiger partial charge is 0.381 e. The Bertz CT molecular complexity index is 606. The second-order valence-corrected chi connectivity index (χ2v) is 3.67. The Morgan fingerprint density at radius 2 is 2.28 bits per heavy atom. The van der Waals surface area contributed by atoms with E-state index < -0.39 is 10.9 Å². The van der Waals surface area contributed by atoms with E-state index in [-0.39, 0.29) is 11.4 Å². The molecule has 0 aliphatic rings. The molecule has 1 N–H and O–H groups in total. The van der Waals surface area contributed by atoms with E-state index in [0.29, 0.717) is 6.54 Å². The third-order valence-electron chi connectivity index (χ3n) is 2.35. The van der Waals surface area contributed by atoms with Gasteiger partial charge in [-0.15, -0.1) is 0 Å². The number of imidazole rings is 1. The van der Waals surface area contributed by atoms with Gasteiger partial charge < -0.3 is 19.8 Å². The predicted octanol–water partition coefficient (Wildman–Crippen LogP) is 1.54. The first-order valence-corrected chi connectivity index (χ1v) is 5.04. The summed E-state index contributed by atoms with van der Waals surface area (Å²) in [5.74, 6) is -1.24. The van der Waals surface area contributed by atoms with Crippen LogP contribution < -0.4 is 0 Å². The van der Waals surface area contributed by atoms with Crippen LogP contribution in [-0.2, 0) is 6.54 Å². The molecule has 92 valence electrons. The molecule has 1 aromatic carbocycles. The second kappa shape index (κ2) is 4.66. The summed E-state index contributed by atoms with van der Waals surface area (Å²) in [7, 11) is 0. The molecule has 0 amide bonds. The zero-order chi connectivity index (χ0) is 13.1. The van der Waals surface area contributed by atoms with Gasteiger partial charge in [0.05, 0.1) is 12.1 Å². The van der Waals surface area contributed by atoms with Gasteiger partial charge in [-0.05, 0) is 27.6 Å². The molecular formula is C11H9N3O4. The quantitative estimate of drug-likeness (QED) is 0.652. The number of hydrogen-bond donors (Lipinski definition) is 1. The van der Waals surface area contributed by atoms with E-state index in [0.717, 1.165) is 5.56 Å². The van der Waals surface area contributed by atoms with E-state index in [1.807, 2.05) is 0 Å². The molecule has 0 radical (unpaired) electrons. The lowest BCUT2D eigenvalue weighted by molar-refractivity contribution is -0.389. The molecule has 0 unspecified atom stereocenters. The first-order chi connectivity index (χ1) is 8.56. The average molecular weight is 247 g/mol. The lowest BCUT2D eigenvalue weighted by Crippen LogP contribution is -2.00. The minimum atomic E-state index is -1.01. The molecule has 1 heterocycles. The Labute approximate surface area is 101 Å². The van der Waals surface area contributed by atoms with Gasteiger partial charge in [-0.25, -0.2) is 4.79 Å². The average Bonchev–Trinajstić information content (AvgIpc) is 2.78. The summed E-state index contributed by atoms with van der Waals surface area (Å²) >= 11 is 0. The molecular weight excluding hydrogens is 238 g/mol. The highest BCUT2D eigenvalue weighted by atomic mass is 16.6. The van der Waals surface area contributed by atoms with Crippen LogP contribution in [0.1, 0.15) is 15.9 Å². The van der Waals surface area contributed by atoms with Gasteiger partial charge in [0.2, 0.25) is 6.33 Å². The molecule has 0 bridgehead atoms. The van der Waals surface area contributed by atoms with Crippen LogP contribution in [0.4, 0.5) is 5.82 Å². The first kappa shape index (κ1) is 11.8. The highest BCUT2D eigenvalue weighted by Crippen LogP contribution is 2.10. The summed E-state index contributed by atoms with van der Waals surface area (Å²) in [6.45, 7) is 0.335. The Kier molecular flexibility index (Phi) is 3.05. The van der Waals surface area contributed by atoms with Crippen molar-refractivity contribution in [3.05, 3.63) is 58.0 Å².